The van der Waals surface area contributed by atoms with Gasteiger partial charge in [-0.05, 0) is 6.92 Å². The molecular formula is C7H8O5. The van der Waals surface area contributed by atoms with Crippen molar-refractivity contribution in [1.29, 1.82) is 0 Å². The summed E-state index contributed by atoms with van der Waals surface area (Å²) >= 11 is 0. The second kappa shape index (κ2) is 3.25. The number of cyclic esters (lactones) is 1. The van der Waals surface area contributed by atoms with Crippen molar-refractivity contribution in [2.75, 3.05) is 13.2 Å². The van der Waals surface area contributed by atoms with E-state index >= 15 is 0 Å². The molecule has 0 unspecified atom stereocenters. The van der Waals surface area contributed by atoms with Crippen LogP contribution in [0.4, 0.5) is 0 Å². The zero-order chi connectivity index (χ0) is 9.14. The van der Waals surface area contributed by atoms with E-state index in [1.165, 1.54) is 0 Å². The maximum Gasteiger partial charge on any atom is 0.349 e. The summed E-state index contributed by atoms with van der Waals surface area (Å²) in [5, 5.41) is 8.99. The molecule has 0 fully saturated rings. The molecule has 0 aromatic carbocycles. The molecule has 0 aliphatic carbocycles. The average molecular weight is 172 g/mol. The van der Waals surface area contributed by atoms with E-state index in [0.29, 0.717) is 0 Å². The smallest absolute Gasteiger partial charge is 0.349 e. The average Bonchev–Trinajstić information content (AvgIpc) is 2.32. The first-order valence-electron chi connectivity index (χ1n) is 3.43. The molecule has 0 bridgehead atoms. The van der Waals surface area contributed by atoms with E-state index in [4.69, 9.17) is 5.11 Å². The molecule has 1 heterocycles. The van der Waals surface area contributed by atoms with Crippen molar-refractivity contribution in [1.82, 2.24) is 0 Å². The first kappa shape index (κ1) is 8.58. The van der Waals surface area contributed by atoms with Crippen molar-refractivity contribution >= 4 is 11.9 Å². The highest BCUT2D eigenvalue weighted by Gasteiger charge is 2.31. The fourth-order valence-electron chi connectivity index (χ4n) is 0.800. The van der Waals surface area contributed by atoms with E-state index in [1.54, 1.807) is 6.92 Å². The van der Waals surface area contributed by atoms with Gasteiger partial charge in [-0.25, -0.2) is 9.59 Å². The van der Waals surface area contributed by atoms with Crippen molar-refractivity contribution in [3.8, 4) is 0 Å². The summed E-state index contributed by atoms with van der Waals surface area (Å²) in [4.78, 5) is 21.7. The summed E-state index contributed by atoms with van der Waals surface area (Å²) in [6, 6.07) is 0. The van der Waals surface area contributed by atoms with Crippen molar-refractivity contribution in [3.05, 3.63) is 11.3 Å². The highest BCUT2D eigenvalue weighted by Crippen LogP contribution is 2.14. The van der Waals surface area contributed by atoms with Gasteiger partial charge in [0.05, 0.1) is 6.61 Å². The molecule has 0 saturated carbocycles. The molecule has 66 valence electrons. The number of hydrogen-bond donors (Lipinski definition) is 1. The van der Waals surface area contributed by atoms with Crippen LogP contribution in [-0.4, -0.2) is 30.3 Å². The van der Waals surface area contributed by atoms with Gasteiger partial charge in [-0.1, -0.05) is 0 Å². The number of carbonyl (C=O) groups excluding carboxylic acids is 2. The van der Waals surface area contributed by atoms with Gasteiger partial charge in [0.15, 0.2) is 11.3 Å². The van der Waals surface area contributed by atoms with Crippen LogP contribution >= 0.6 is 0 Å². The minimum atomic E-state index is -0.836. The van der Waals surface area contributed by atoms with Crippen LogP contribution in [0.15, 0.2) is 11.3 Å². The van der Waals surface area contributed by atoms with E-state index in [1.807, 2.05) is 0 Å². The second-order valence-corrected chi connectivity index (χ2v) is 2.12. The zero-order valence-electron chi connectivity index (χ0n) is 6.49. The van der Waals surface area contributed by atoms with Crippen molar-refractivity contribution in [3.63, 3.8) is 0 Å². The lowest BCUT2D eigenvalue weighted by Crippen LogP contribution is -2.14. The molecule has 1 aliphatic rings. The third-order valence-electron chi connectivity index (χ3n) is 1.31. The van der Waals surface area contributed by atoms with Crippen LogP contribution in [0, 0.1) is 0 Å². The quantitative estimate of drug-likeness (QED) is 0.465. The van der Waals surface area contributed by atoms with Gasteiger partial charge in [0.1, 0.15) is 6.61 Å². The number of esters is 2. The van der Waals surface area contributed by atoms with E-state index in [9.17, 15) is 9.59 Å². The number of rotatable bonds is 2. The normalized spacial score (nSPS) is 16.2. The Morgan fingerprint density at radius 2 is 2.42 bits per heavy atom. The molecule has 5 nitrogen and oxygen atoms in total. The molecular weight excluding hydrogens is 164 g/mol. The fourth-order valence-corrected chi connectivity index (χ4v) is 0.800. The highest BCUT2D eigenvalue weighted by molar-refractivity contribution is 6.15. The molecule has 0 radical (unpaired) electrons. The molecule has 0 aromatic rings. The zero-order valence-corrected chi connectivity index (χ0v) is 6.49. The first-order chi connectivity index (χ1) is 5.66. The Morgan fingerprint density at radius 3 is 2.83 bits per heavy atom. The predicted octanol–water partition coefficient (Wildman–Crippen LogP) is -0.0816. The Labute approximate surface area is 68.6 Å². The minimum Gasteiger partial charge on any atom is -0.508 e. The van der Waals surface area contributed by atoms with Crippen LogP contribution in [0.5, 0.6) is 0 Å². The van der Waals surface area contributed by atoms with Gasteiger partial charge >= 0.3 is 11.9 Å². The first-order valence-corrected chi connectivity index (χ1v) is 3.43. The van der Waals surface area contributed by atoms with Crippen molar-refractivity contribution in [2.24, 2.45) is 0 Å². The summed E-state index contributed by atoms with van der Waals surface area (Å²) < 4.78 is 8.89. The molecule has 0 spiro atoms. The van der Waals surface area contributed by atoms with Gasteiger partial charge in [-0.2, -0.15) is 0 Å². The maximum absolute atomic E-state index is 10.9. The minimum absolute atomic E-state index is 0.156. The summed E-state index contributed by atoms with van der Waals surface area (Å²) in [5.74, 6) is -2.03. The Kier molecular flexibility index (Phi) is 2.32. The van der Waals surface area contributed by atoms with Crippen LogP contribution in [0.3, 0.4) is 0 Å². The third kappa shape index (κ3) is 1.39. The Bertz CT molecular complexity index is 253. The lowest BCUT2D eigenvalue weighted by Gasteiger charge is -1.98. The largest absolute Gasteiger partial charge is 0.508 e. The van der Waals surface area contributed by atoms with Crippen LogP contribution in [0.1, 0.15) is 6.92 Å². The molecule has 1 N–H and O–H groups in total. The lowest BCUT2D eigenvalue weighted by atomic mass is 10.2. The second-order valence-electron chi connectivity index (χ2n) is 2.12. The van der Waals surface area contributed by atoms with Gasteiger partial charge in [0.2, 0.25) is 0 Å². The topological polar surface area (TPSA) is 72.8 Å². The van der Waals surface area contributed by atoms with E-state index in [2.05, 4.69) is 9.47 Å². The standard InChI is InChI=1S/C7H8O5/c1-2-11-6(9)5-4(8)3-12-7(5)10/h8H,2-3H2,1H3. The molecule has 0 atom stereocenters. The molecule has 1 rings (SSSR count). The van der Waals surface area contributed by atoms with Gasteiger partial charge < -0.3 is 14.6 Å². The van der Waals surface area contributed by atoms with Crippen LogP contribution in [-0.2, 0) is 19.1 Å². The van der Waals surface area contributed by atoms with Crippen LogP contribution < -0.4 is 0 Å². The molecule has 0 amide bonds. The van der Waals surface area contributed by atoms with Gasteiger partial charge in [-0.3, -0.25) is 0 Å². The van der Waals surface area contributed by atoms with Crippen molar-refractivity contribution < 1.29 is 24.2 Å². The van der Waals surface area contributed by atoms with E-state index in [-0.39, 0.29) is 19.0 Å². The number of ether oxygens (including phenoxy) is 2. The third-order valence-corrected chi connectivity index (χ3v) is 1.31. The van der Waals surface area contributed by atoms with Crippen molar-refractivity contribution in [2.45, 2.75) is 6.92 Å². The number of aliphatic hydroxyl groups excluding tert-OH is 1. The number of hydrogen-bond acceptors (Lipinski definition) is 5. The van der Waals surface area contributed by atoms with E-state index in [0.717, 1.165) is 0 Å². The Morgan fingerprint density at radius 1 is 1.75 bits per heavy atom. The Balaban J connectivity index is 2.79. The molecule has 5 heteroatoms. The summed E-state index contributed by atoms with van der Waals surface area (Å²) in [6.07, 6.45) is 0. The predicted molar refractivity (Wildman–Crippen MR) is 37.2 cm³/mol. The Hall–Kier alpha value is -1.52. The van der Waals surface area contributed by atoms with Gasteiger partial charge in [0, 0.05) is 0 Å². The maximum atomic E-state index is 10.9. The summed E-state index contributed by atoms with van der Waals surface area (Å²) in [5.41, 5.74) is -0.392. The SMILES string of the molecule is CCOC(=O)C1=C(O)COC1=O. The van der Waals surface area contributed by atoms with E-state index < -0.39 is 17.5 Å². The fraction of sp³-hybridized carbons (Fsp3) is 0.429. The monoisotopic (exact) mass is 172 g/mol. The lowest BCUT2D eigenvalue weighted by molar-refractivity contribution is -0.144. The molecule has 12 heavy (non-hydrogen) atoms. The molecule has 1 aliphatic heterocycles. The summed E-state index contributed by atoms with van der Waals surface area (Å²) in [7, 11) is 0. The molecule has 0 aromatic heterocycles. The number of carbonyl (C=O) groups is 2. The molecule has 0 saturated heterocycles. The van der Waals surface area contributed by atoms with Crippen LogP contribution in [0.2, 0.25) is 0 Å². The van der Waals surface area contributed by atoms with Gasteiger partial charge in [-0.15, -0.1) is 0 Å². The van der Waals surface area contributed by atoms with Gasteiger partial charge in [0.25, 0.3) is 0 Å². The number of aliphatic hydroxyl groups is 1. The van der Waals surface area contributed by atoms with Crippen LogP contribution in [0.25, 0.3) is 0 Å². The highest BCUT2D eigenvalue weighted by atomic mass is 16.6. The summed E-state index contributed by atoms with van der Waals surface area (Å²) in [6.45, 7) is 1.52.